The molecular formula is C19H21N5O2. The molecule has 3 rings (SSSR count). The molecule has 7 heteroatoms. The van der Waals surface area contributed by atoms with Gasteiger partial charge in [0.25, 0.3) is 0 Å². The molecule has 0 spiro atoms. The SMILES string of the molecule is COc1cccc(CNC(=O)NC2(c3ccnc(C#N)n3)CCCC2)c1. The molecule has 1 aliphatic rings. The number of nitrogens with one attached hydrogen (secondary N) is 2. The number of benzene rings is 1. The molecule has 1 fully saturated rings. The number of amides is 2. The van der Waals surface area contributed by atoms with Crippen LogP contribution in [-0.4, -0.2) is 23.1 Å². The Morgan fingerprint density at radius 2 is 2.15 bits per heavy atom. The zero-order valence-electron chi connectivity index (χ0n) is 14.7. The highest BCUT2D eigenvalue weighted by Crippen LogP contribution is 2.37. The van der Waals surface area contributed by atoms with E-state index in [-0.39, 0.29) is 11.9 Å². The van der Waals surface area contributed by atoms with E-state index in [0.29, 0.717) is 12.2 Å². The molecule has 0 aliphatic heterocycles. The Hall–Kier alpha value is -3.14. The van der Waals surface area contributed by atoms with Gasteiger partial charge < -0.3 is 15.4 Å². The van der Waals surface area contributed by atoms with E-state index in [1.165, 1.54) is 0 Å². The molecule has 1 saturated carbocycles. The molecule has 0 radical (unpaired) electrons. The van der Waals surface area contributed by atoms with Gasteiger partial charge >= 0.3 is 6.03 Å². The van der Waals surface area contributed by atoms with Crippen molar-refractivity contribution in [1.29, 1.82) is 5.26 Å². The summed E-state index contributed by atoms with van der Waals surface area (Å²) in [4.78, 5) is 20.7. The summed E-state index contributed by atoms with van der Waals surface area (Å²) in [5, 5.41) is 15.0. The van der Waals surface area contributed by atoms with E-state index in [9.17, 15) is 4.79 Å². The maximum absolute atomic E-state index is 12.5. The summed E-state index contributed by atoms with van der Waals surface area (Å²) in [5.74, 6) is 0.870. The normalized spacial score (nSPS) is 15.1. The maximum Gasteiger partial charge on any atom is 0.315 e. The molecule has 0 atom stereocenters. The molecule has 1 aliphatic carbocycles. The molecule has 0 bridgehead atoms. The van der Waals surface area contributed by atoms with E-state index in [4.69, 9.17) is 10.00 Å². The molecule has 1 heterocycles. The number of urea groups is 1. The minimum absolute atomic E-state index is 0.118. The molecule has 0 unspecified atom stereocenters. The van der Waals surface area contributed by atoms with Gasteiger partial charge in [0.2, 0.25) is 5.82 Å². The summed E-state index contributed by atoms with van der Waals surface area (Å²) in [6, 6.07) is 11.0. The molecule has 0 saturated heterocycles. The number of carbonyl (C=O) groups excluding carboxylic acids is 1. The molecule has 2 N–H and O–H groups in total. The molecule has 2 aromatic rings. The molecule has 26 heavy (non-hydrogen) atoms. The van der Waals surface area contributed by atoms with E-state index < -0.39 is 5.54 Å². The van der Waals surface area contributed by atoms with Crippen LogP contribution in [-0.2, 0) is 12.1 Å². The molecular weight excluding hydrogens is 330 g/mol. The minimum atomic E-state index is -0.549. The Balaban J connectivity index is 1.69. The lowest BCUT2D eigenvalue weighted by Gasteiger charge is -2.29. The number of carbonyl (C=O) groups is 1. The Morgan fingerprint density at radius 1 is 1.35 bits per heavy atom. The first-order valence-corrected chi connectivity index (χ1v) is 8.58. The number of ether oxygens (including phenoxy) is 1. The lowest BCUT2D eigenvalue weighted by Crippen LogP contribution is -2.48. The highest BCUT2D eigenvalue weighted by atomic mass is 16.5. The molecule has 1 aromatic heterocycles. The van der Waals surface area contributed by atoms with Crippen molar-refractivity contribution in [1.82, 2.24) is 20.6 Å². The van der Waals surface area contributed by atoms with Crippen molar-refractivity contribution < 1.29 is 9.53 Å². The van der Waals surface area contributed by atoms with Crippen LogP contribution in [0.15, 0.2) is 36.5 Å². The van der Waals surface area contributed by atoms with Gasteiger partial charge in [0.1, 0.15) is 11.8 Å². The lowest BCUT2D eigenvalue weighted by atomic mass is 9.93. The summed E-state index contributed by atoms with van der Waals surface area (Å²) in [7, 11) is 1.61. The highest BCUT2D eigenvalue weighted by molar-refractivity contribution is 5.75. The molecule has 7 nitrogen and oxygen atoms in total. The number of nitrogens with zero attached hydrogens (tertiary/aromatic N) is 3. The van der Waals surface area contributed by atoms with Gasteiger partial charge in [-0.25, -0.2) is 14.8 Å². The second kappa shape index (κ2) is 7.83. The monoisotopic (exact) mass is 351 g/mol. The van der Waals surface area contributed by atoms with Gasteiger partial charge in [-0.3, -0.25) is 0 Å². The van der Waals surface area contributed by atoms with Crippen LogP contribution in [0, 0.1) is 11.3 Å². The fourth-order valence-corrected chi connectivity index (χ4v) is 3.33. The van der Waals surface area contributed by atoms with E-state index in [1.807, 2.05) is 30.3 Å². The van der Waals surface area contributed by atoms with Gasteiger partial charge in [0.05, 0.1) is 18.3 Å². The maximum atomic E-state index is 12.5. The predicted octanol–water partition coefficient (Wildman–Crippen LogP) is 2.63. The van der Waals surface area contributed by atoms with Crippen LogP contribution < -0.4 is 15.4 Å². The van der Waals surface area contributed by atoms with Crippen LogP contribution in [0.4, 0.5) is 4.79 Å². The van der Waals surface area contributed by atoms with Gasteiger partial charge in [0.15, 0.2) is 0 Å². The summed E-state index contributed by atoms with van der Waals surface area (Å²) in [5.41, 5.74) is 1.10. The summed E-state index contributed by atoms with van der Waals surface area (Å²) < 4.78 is 5.20. The standard InChI is InChI=1S/C19H21N5O2/c1-26-15-6-4-5-14(11-15)13-22-18(25)24-19(8-2-3-9-19)16-7-10-21-17(12-20)23-16/h4-7,10-11H,2-3,8-9,13H2,1H3,(H2,22,24,25). The number of rotatable bonds is 5. The Labute approximate surface area is 152 Å². The second-order valence-electron chi connectivity index (χ2n) is 6.33. The van der Waals surface area contributed by atoms with Crippen molar-refractivity contribution >= 4 is 6.03 Å². The smallest absolute Gasteiger partial charge is 0.315 e. The first-order chi connectivity index (χ1) is 12.6. The van der Waals surface area contributed by atoms with Crippen molar-refractivity contribution in [2.24, 2.45) is 0 Å². The van der Waals surface area contributed by atoms with E-state index in [0.717, 1.165) is 37.0 Å². The van der Waals surface area contributed by atoms with Crippen LogP contribution in [0.5, 0.6) is 5.75 Å². The van der Waals surface area contributed by atoms with Crippen molar-refractivity contribution in [2.45, 2.75) is 37.8 Å². The van der Waals surface area contributed by atoms with E-state index in [1.54, 1.807) is 19.4 Å². The van der Waals surface area contributed by atoms with Gasteiger partial charge in [-0.15, -0.1) is 0 Å². The first-order valence-electron chi connectivity index (χ1n) is 8.58. The van der Waals surface area contributed by atoms with Crippen molar-refractivity contribution in [3.8, 4) is 11.8 Å². The topological polar surface area (TPSA) is 99.9 Å². The van der Waals surface area contributed by atoms with E-state index in [2.05, 4.69) is 20.6 Å². The van der Waals surface area contributed by atoms with Crippen molar-refractivity contribution in [3.05, 3.63) is 53.6 Å². The van der Waals surface area contributed by atoms with Gasteiger partial charge in [0, 0.05) is 12.7 Å². The average molecular weight is 351 g/mol. The summed E-state index contributed by atoms with van der Waals surface area (Å²) in [6.07, 6.45) is 5.16. The van der Waals surface area contributed by atoms with Gasteiger partial charge in [-0.2, -0.15) is 5.26 Å². The minimum Gasteiger partial charge on any atom is -0.497 e. The third kappa shape index (κ3) is 3.91. The van der Waals surface area contributed by atoms with Crippen LogP contribution >= 0.6 is 0 Å². The molecule has 2 amide bonds. The number of nitriles is 1. The lowest BCUT2D eigenvalue weighted by molar-refractivity contribution is 0.223. The van der Waals surface area contributed by atoms with E-state index >= 15 is 0 Å². The van der Waals surface area contributed by atoms with Crippen LogP contribution in [0.1, 0.15) is 42.8 Å². The summed E-state index contributed by atoms with van der Waals surface area (Å²) >= 11 is 0. The molecule has 1 aromatic carbocycles. The van der Waals surface area contributed by atoms with Crippen LogP contribution in [0.25, 0.3) is 0 Å². The van der Waals surface area contributed by atoms with Gasteiger partial charge in [-0.1, -0.05) is 25.0 Å². The average Bonchev–Trinajstić information content (AvgIpc) is 3.16. The number of aromatic nitrogens is 2. The Bertz CT molecular complexity index is 825. The Kier molecular flexibility index (Phi) is 5.32. The molecule has 134 valence electrons. The van der Waals surface area contributed by atoms with Crippen molar-refractivity contribution in [2.75, 3.05) is 7.11 Å². The third-order valence-electron chi connectivity index (χ3n) is 4.64. The van der Waals surface area contributed by atoms with Crippen LogP contribution in [0.3, 0.4) is 0 Å². The zero-order valence-corrected chi connectivity index (χ0v) is 14.7. The predicted molar refractivity (Wildman–Crippen MR) is 95.3 cm³/mol. The zero-order chi connectivity index (χ0) is 18.4. The van der Waals surface area contributed by atoms with Gasteiger partial charge in [-0.05, 0) is 36.6 Å². The fraction of sp³-hybridized carbons (Fsp3) is 0.368. The Morgan fingerprint density at radius 3 is 2.88 bits per heavy atom. The fourth-order valence-electron chi connectivity index (χ4n) is 3.33. The number of hydrogen-bond donors (Lipinski definition) is 2. The first kappa shape index (κ1) is 17.7. The quantitative estimate of drug-likeness (QED) is 0.862. The highest BCUT2D eigenvalue weighted by Gasteiger charge is 2.38. The summed E-state index contributed by atoms with van der Waals surface area (Å²) in [6.45, 7) is 0.395. The number of hydrogen-bond acceptors (Lipinski definition) is 5. The van der Waals surface area contributed by atoms with Crippen molar-refractivity contribution in [3.63, 3.8) is 0 Å². The van der Waals surface area contributed by atoms with Crippen LogP contribution in [0.2, 0.25) is 0 Å². The second-order valence-corrected chi connectivity index (χ2v) is 6.33. The number of methoxy groups -OCH3 is 1. The largest absolute Gasteiger partial charge is 0.497 e. The third-order valence-corrected chi connectivity index (χ3v) is 4.64.